The van der Waals surface area contributed by atoms with Crippen molar-refractivity contribution in [3.63, 3.8) is 0 Å². The zero-order chi connectivity index (χ0) is 33.9. The third kappa shape index (κ3) is 5.12. The Kier molecular flexibility index (Phi) is 9.14. The molecule has 7 nitrogen and oxygen atoms in total. The van der Waals surface area contributed by atoms with Gasteiger partial charge in [-0.2, -0.15) is 0 Å². The molecule has 4 N–H and O–H groups in total. The molecule has 4 rings (SSSR count). The van der Waals surface area contributed by atoms with Crippen molar-refractivity contribution in [2.75, 3.05) is 0 Å². The lowest BCUT2D eigenvalue weighted by molar-refractivity contribution is -0.210. The molecule has 11 atom stereocenters. The van der Waals surface area contributed by atoms with Crippen molar-refractivity contribution in [3.05, 3.63) is 0 Å². The maximum Gasteiger partial charge on any atom is 0.254 e. The summed E-state index contributed by atoms with van der Waals surface area (Å²) in [5.41, 5.74) is -3.00. The van der Waals surface area contributed by atoms with Crippen LogP contribution in [0.1, 0.15) is 72.6 Å². The molecule has 0 spiro atoms. The molecular formula is C27H38B9NO6S. The number of fused-ring (bicyclic) bond motifs is 5. The Hall–Kier alpha value is -0.116. The molecule has 0 aromatic rings. The standard InChI is InChI=1S/C27H38B9NO6S/c1-12(5-8-17(38)37-26(33,34)27(35,36)44(41,42)43)14-6-7-15-18-16(9-10-21(14,15)3)22(4)11-23(28,29)25(32,40)24(30,31)20(22)13(2)19(18)39/h12-16,18-20,39-40H,5-11H2,1-4H3,(H,37,38)(H,41,42,43)/t12-,13+,14?,15?,16?,18?,19-,20+,21-,22-,25?/m1/s1. The van der Waals surface area contributed by atoms with Gasteiger partial charge in [0.2, 0.25) is 5.91 Å². The highest BCUT2D eigenvalue weighted by Gasteiger charge is 2.71. The smallest absolute Gasteiger partial charge is 0.254 e. The van der Waals surface area contributed by atoms with E-state index >= 15 is 0 Å². The number of hydrogen-bond donors (Lipinski definition) is 4. The van der Waals surface area contributed by atoms with E-state index in [-0.39, 0.29) is 47.8 Å². The molecule has 0 bridgehead atoms. The van der Waals surface area contributed by atoms with Crippen LogP contribution in [0.4, 0.5) is 0 Å². The van der Waals surface area contributed by atoms with E-state index in [1.165, 1.54) is 0 Å². The van der Waals surface area contributed by atoms with Gasteiger partial charge in [-0.15, -0.1) is 0 Å². The molecule has 4 saturated carbocycles. The number of carbonyl (C=O) groups is 1. The Bertz CT molecular complexity index is 1270. The minimum Gasteiger partial charge on any atom is -0.402 e. The highest BCUT2D eigenvalue weighted by atomic mass is 32.2. The first kappa shape index (κ1) is 36.7. The molecule has 44 heavy (non-hydrogen) atoms. The van der Waals surface area contributed by atoms with Crippen LogP contribution >= 0.6 is 0 Å². The minimum atomic E-state index is -5.10. The fraction of sp³-hybridized carbons (Fsp3) is 0.963. The molecular weight excluding hydrogens is 564 g/mol. The molecule has 220 valence electrons. The highest BCUT2D eigenvalue weighted by molar-refractivity contribution is 7.90. The summed E-state index contributed by atoms with van der Waals surface area (Å²) in [6.07, 6.45) is 3.24. The lowest BCUT2D eigenvalue weighted by atomic mass is 9.17. The third-order valence-corrected chi connectivity index (χ3v) is 14.1. The van der Waals surface area contributed by atoms with Crippen molar-refractivity contribution in [1.29, 1.82) is 0 Å². The fourth-order valence-electron chi connectivity index (χ4n) is 10.6. The molecule has 0 aromatic heterocycles. The van der Waals surface area contributed by atoms with Gasteiger partial charge in [-0.05, 0) is 89.7 Å². The molecule has 5 unspecified atom stereocenters. The fourth-order valence-corrected chi connectivity index (χ4v) is 11.1. The molecule has 4 aliphatic rings. The van der Waals surface area contributed by atoms with Gasteiger partial charge < -0.3 is 15.5 Å². The van der Waals surface area contributed by atoms with E-state index in [9.17, 15) is 28.0 Å². The Morgan fingerprint density at radius 1 is 1.00 bits per heavy atom. The average Bonchev–Trinajstić information content (AvgIpc) is 3.20. The van der Waals surface area contributed by atoms with Gasteiger partial charge in [0.05, 0.1) is 68.9 Å². The van der Waals surface area contributed by atoms with E-state index < -0.39 is 65.2 Å². The predicted octanol–water partition coefficient (Wildman–Crippen LogP) is -0.753. The van der Waals surface area contributed by atoms with E-state index in [0.717, 1.165) is 25.7 Å². The van der Waals surface area contributed by atoms with Gasteiger partial charge in [0.15, 0.2) is 0 Å². The van der Waals surface area contributed by atoms with Crippen LogP contribution in [0.25, 0.3) is 0 Å². The Morgan fingerprint density at radius 3 is 2.09 bits per heavy atom. The molecule has 0 heterocycles. The minimum absolute atomic E-state index is 0.0107. The van der Waals surface area contributed by atoms with E-state index in [4.69, 9.17) is 70.6 Å². The maximum absolute atomic E-state index is 12.7. The Morgan fingerprint density at radius 2 is 1.55 bits per heavy atom. The first-order valence-electron chi connectivity index (χ1n) is 15.4. The average molecular weight is 602 g/mol. The van der Waals surface area contributed by atoms with Crippen molar-refractivity contribution in [1.82, 2.24) is 5.32 Å². The summed E-state index contributed by atoms with van der Waals surface area (Å²) >= 11 is 0. The van der Waals surface area contributed by atoms with Gasteiger partial charge in [-0.25, -0.2) is 8.42 Å². The molecule has 0 aromatic carbocycles. The van der Waals surface area contributed by atoms with Crippen LogP contribution in [0.5, 0.6) is 0 Å². The number of rotatable bonds is 7. The van der Waals surface area contributed by atoms with Gasteiger partial charge in [0.1, 0.15) is 7.85 Å². The molecule has 4 aliphatic carbocycles. The molecule has 1 amide bonds. The highest BCUT2D eigenvalue weighted by Crippen LogP contribution is 2.75. The van der Waals surface area contributed by atoms with Crippen LogP contribution in [0, 0.1) is 52.3 Å². The summed E-state index contributed by atoms with van der Waals surface area (Å²) in [4.78, 5) is 12.7. The molecule has 4 fully saturated rings. The summed E-state index contributed by atoms with van der Waals surface area (Å²) in [6, 6.07) is 0. The number of nitrogens with one attached hydrogen (secondary N) is 1. The van der Waals surface area contributed by atoms with E-state index in [2.05, 4.69) is 26.1 Å². The zero-order valence-electron chi connectivity index (χ0n) is 26.2. The SMILES string of the molecule is [B]C1([B])C[C@]2(C)C3CC[C@@]4(C)C(CCC4[C@H](C)CCC(=O)NC([B])([B])C([B])([B])S(=O)(=O)O)C3[C@H](O)[C@H](C)[C@@H]2C([B])([B])C1([B])O. The van der Waals surface area contributed by atoms with E-state index in [0.29, 0.717) is 6.42 Å². The molecule has 0 saturated heterocycles. The van der Waals surface area contributed by atoms with Crippen molar-refractivity contribution < 1.29 is 28.0 Å². The van der Waals surface area contributed by atoms with Crippen molar-refractivity contribution in [3.8, 4) is 0 Å². The lowest BCUT2D eigenvalue weighted by Gasteiger charge is -2.74. The van der Waals surface area contributed by atoms with Gasteiger partial charge >= 0.3 is 0 Å². The first-order valence-corrected chi connectivity index (χ1v) is 16.8. The van der Waals surface area contributed by atoms with Crippen molar-refractivity contribution in [2.45, 2.75) is 105 Å². The normalized spacial score (nSPS) is 44.0. The van der Waals surface area contributed by atoms with Crippen LogP contribution < -0.4 is 5.32 Å². The lowest BCUT2D eigenvalue weighted by Crippen LogP contribution is -2.72. The monoisotopic (exact) mass is 603 g/mol. The number of hydrogen-bond acceptors (Lipinski definition) is 5. The van der Waals surface area contributed by atoms with Gasteiger partial charge in [0, 0.05) is 16.5 Å². The molecule has 17 heteroatoms. The zero-order valence-corrected chi connectivity index (χ0v) is 27.1. The second-order valence-corrected chi connectivity index (χ2v) is 17.1. The summed E-state index contributed by atoms with van der Waals surface area (Å²) in [5.74, 6) is -1.23. The van der Waals surface area contributed by atoms with Crippen molar-refractivity contribution >= 4 is 86.6 Å². The molecule has 18 radical (unpaired) electrons. The van der Waals surface area contributed by atoms with Crippen molar-refractivity contribution in [2.24, 2.45) is 52.3 Å². The number of aliphatic hydroxyl groups excluding tert-OH is 1. The van der Waals surface area contributed by atoms with Crippen LogP contribution in [-0.4, -0.2) is 121 Å². The van der Waals surface area contributed by atoms with E-state index in [1.807, 2.05) is 6.92 Å². The maximum atomic E-state index is 12.7. The van der Waals surface area contributed by atoms with Gasteiger partial charge in [-0.3, -0.25) is 9.35 Å². The summed E-state index contributed by atoms with van der Waals surface area (Å²) in [7, 11) is 49.5. The largest absolute Gasteiger partial charge is 0.402 e. The second kappa shape index (κ2) is 11.0. The van der Waals surface area contributed by atoms with E-state index in [1.54, 1.807) is 0 Å². The topological polar surface area (TPSA) is 124 Å². The van der Waals surface area contributed by atoms with Crippen LogP contribution in [-0.2, 0) is 14.9 Å². The first-order chi connectivity index (χ1) is 19.6. The van der Waals surface area contributed by atoms with Crippen LogP contribution in [0.3, 0.4) is 0 Å². The van der Waals surface area contributed by atoms with Crippen LogP contribution in [0.15, 0.2) is 0 Å². The summed E-state index contributed by atoms with van der Waals surface area (Å²) < 4.78 is 29.4. The summed E-state index contributed by atoms with van der Waals surface area (Å²) in [5, 5.41) is 19.0. The predicted molar refractivity (Wildman–Crippen MR) is 178 cm³/mol. The number of carbonyl (C=O) groups excluding carboxylic acids is 1. The Labute approximate surface area is 275 Å². The Balaban J connectivity index is 1.53. The van der Waals surface area contributed by atoms with Crippen LogP contribution in [0.2, 0.25) is 10.4 Å². The number of amides is 1. The van der Waals surface area contributed by atoms with Gasteiger partial charge in [-0.1, -0.05) is 44.5 Å². The van der Waals surface area contributed by atoms with Gasteiger partial charge in [0.25, 0.3) is 10.1 Å². The molecule has 0 aliphatic heterocycles. The quantitative estimate of drug-likeness (QED) is 0.225. The number of aliphatic hydroxyl groups is 2. The second-order valence-electron chi connectivity index (χ2n) is 15.5. The third-order valence-electron chi connectivity index (χ3n) is 12.9. The summed E-state index contributed by atoms with van der Waals surface area (Å²) in [6.45, 7) is 8.30.